The Morgan fingerprint density at radius 1 is 0.778 bits per heavy atom. The van der Waals surface area contributed by atoms with E-state index in [9.17, 15) is 0 Å². The van der Waals surface area contributed by atoms with Gasteiger partial charge in [0.2, 0.25) is 0 Å². The van der Waals surface area contributed by atoms with E-state index in [0.29, 0.717) is 9.04 Å². The number of allylic oxidation sites excluding steroid dienone is 4. The maximum absolute atomic E-state index is 2.67. The summed E-state index contributed by atoms with van der Waals surface area (Å²) in [5, 5.41) is 0. The summed E-state index contributed by atoms with van der Waals surface area (Å²) < 4.78 is 4.10. The van der Waals surface area contributed by atoms with Gasteiger partial charge in [0.1, 0.15) is 0 Å². The van der Waals surface area contributed by atoms with Crippen LogP contribution in [-0.2, 0) is 32.1 Å². The molecular weight excluding hydrogens is 512 g/mol. The van der Waals surface area contributed by atoms with Gasteiger partial charge in [0, 0.05) is 0 Å². The Labute approximate surface area is 229 Å². The van der Waals surface area contributed by atoms with E-state index < -0.39 is 21.3 Å². The van der Waals surface area contributed by atoms with Crippen molar-refractivity contribution in [3.05, 3.63) is 79.7 Å². The summed E-state index contributed by atoms with van der Waals surface area (Å²) in [4.78, 5) is 0. The second-order valence-corrected chi connectivity index (χ2v) is 21.2. The van der Waals surface area contributed by atoms with Gasteiger partial charge < -0.3 is 0 Å². The number of fused-ring (bicyclic) bond motifs is 3. The van der Waals surface area contributed by atoms with Crippen molar-refractivity contribution in [2.24, 2.45) is 5.41 Å². The topological polar surface area (TPSA) is 0 Å². The van der Waals surface area contributed by atoms with Crippen molar-refractivity contribution in [1.82, 2.24) is 0 Å². The third kappa shape index (κ3) is 4.91. The van der Waals surface area contributed by atoms with Crippen LogP contribution in [0.3, 0.4) is 0 Å². The fourth-order valence-electron chi connectivity index (χ4n) is 6.08. The summed E-state index contributed by atoms with van der Waals surface area (Å²) in [6.45, 7) is 26.1. The van der Waals surface area contributed by atoms with Gasteiger partial charge >= 0.3 is 231 Å². The van der Waals surface area contributed by atoms with Crippen molar-refractivity contribution in [2.75, 3.05) is 0 Å². The predicted octanol–water partition coefficient (Wildman–Crippen LogP) is 10.2. The quantitative estimate of drug-likeness (QED) is 0.342. The van der Waals surface area contributed by atoms with Crippen molar-refractivity contribution >= 4 is 3.21 Å². The molecule has 0 aromatic heterocycles. The van der Waals surface area contributed by atoms with Crippen LogP contribution in [-0.4, -0.2) is 3.21 Å². The zero-order valence-electron chi connectivity index (χ0n) is 24.8. The number of hydrogen-bond donors (Lipinski definition) is 0. The molecular formula is C35H48Zr. The molecule has 0 unspecified atom stereocenters. The van der Waals surface area contributed by atoms with Crippen LogP contribution < -0.4 is 0 Å². The molecule has 0 saturated carbocycles. The Bertz CT molecular complexity index is 1200. The Morgan fingerprint density at radius 2 is 1.25 bits per heavy atom. The molecule has 0 fully saturated rings. The van der Waals surface area contributed by atoms with Crippen LogP contribution in [0.1, 0.15) is 121 Å². The summed E-state index contributed by atoms with van der Waals surface area (Å²) in [7, 11) is 0. The number of benzene rings is 2. The van der Waals surface area contributed by atoms with Gasteiger partial charge in [-0.1, -0.05) is 0 Å². The summed E-state index contributed by atoms with van der Waals surface area (Å²) in [6.07, 6.45) is 8.85. The molecule has 0 nitrogen and oxygen atoms in total. The van der Waals surface area contributed by atoms with Gasteiger partial charge in [0.15, 0.2) is 0 Å². The molecule has 0 radical (unpaired) electrons. The zero-order chi connectivity index (χ0) is 26.6. The molecule has 2 aromatic carbocycles. The van der Waals surface area contributed by atoms with Gasteiger partial charge in [0.05, 0.1) is 0 Å². The van der Waals surface area contributed by atoms with E-state index in [1.165, 1.54) is 41.5 Å². The average molecular weight is 560 g/mol. The first-order chi connectivity index (χ1) is 16.7. The second kappa shape index (κ2) is 9.76. The third-order valence-corrected chi connectivity index (χ3v) is 17.2. The molecule has 0 spiro atoms. The minimum absolute atomic E-state index is 0.154. The monoisotopic (exact) mass is 558 g/mol. The average Bonchev–Trinajstić information content (AvgIpc) is 3.41. The molecule has 0 saturated heterocycles. The molecule has 2 aliphatic rings. The molecule has 0 atom stereocenters. The van der Waals surface area contributed by atoms with Gasteiger partial charge in [-0.3, -0.25) is 0 Å². The van der Waals surface area contributed by atoms with Crippen LogP contribution in [0.4, 0.5) is 0 Å². The van der Waals surface area contributed by atoms with Crippen molar-refractivity contribution in [3.8, 4) is 11.1 Å². The molecule has 0 heterocycles. The third-order valence-electron chi connectivity index (χ3n) is 9.05. The van der Waals surface area contributed by atoms with Crippen LogP contribution in [0.5, 0.6) is 0 Å². The van der Waals surface area contributed by atoms with Crippen LogP contribution in [0.2, 0.25) is 0 Å². The van der Waals surface area contributed by atoms with Crippen LogP contribution in [0.15, 0.2) is 57.4 Å². The molecule has 192 valence electrons. The SMILES string of the molecule is CCC(C)(CC)C1=CC[C]([Zr](=[C](C)C)[CH]2c3ccc(C(C)(C)C)cc3-c3cc(C(C)(C)C)ccc32)=C1. The van der Waals surface area contributed by atoms with E-state index in [1.54, 1.807) is 23.2 Å². The Balaban J connectivity index is 1.92. The van der Waals surface area contributed by atoms with E-state index in [-0.39, 0.29) is 10.8 Å². The van der Waals surface area contributed by atoms with Crippen molar-refractivity contribution in [1.29, 1.82) is 0 Å². The van der Waals surface area contributed by atoms with E-state index in [2.05, 4.69) is 125 Å². The summed E-state index contributed by atoms with van der Waals surface area (Å²) in [5.41, 5.74) is 11.3. The zero-order valence-corrected chi connectivity index (χ0v) is 27.3. The first kappa shape index (κ1) is 27.7. The standard InChI is InChI=1S/C21H25.C11H17.C3H6.Zr/c1-20(2,3)16-9-7-14-11-15-8-10-17(21(4,5)6)13-19(15)18(14)12-16;1-4-11(3,5-2)10-8-6-7-9-10;1-3-2;/h7-13H,1-6H3;8-9H,4-6H2,1-3H3;1-2H3;. The molecule has 1 heteroatoms. The molecule has 0 bridgehead atoms. The Morgan fingerprint density at radius 3 is 1.64 bits per heavy atom. The van der Waals surface area contributed by atoms with E-state index in [1.807, 2.05) is 0 Å². The fourth-order valence-corrected chi connectivity index (χ4v) is 14.3. The van der Waals surface area contributed by atoms with Gasteiger partial charge in [0.25, 0.3) is 0 Å². The van der Waals surface area contributed by atoms with Gasteiger partial charge in [-0.05, 0) is 0 Å². The van der Waals surface area contributed by atoms with E-state index in [0.717, 1.165) is 0 Å². The minimum atomic E-state index is -2.17. The Kier molecular flexibility index (Phi) is 7.51. The summed E-state index contributed by atoms with van der Waals surface area (Å²) >= 11 is -2.17. The molecule has 0 aliphatic heterocycles. The summed E-state index contributed by atoms with van der Waals surface area (Å²) in [5.74, 6) is 0. The summed E-state index contributed by atoms with van der Waals surface area (Å²) in [6, 6.07) is 14.9. The molecule has 4 rings (SSSR count). The van der Waals surface area contributed by atoms with Gasteiger partial charge in [-0.15, -0.1) is 0 Å². The van der Waals surface area contributed by atoms with Crippen LogP contribution in [0, 0.1) is 5.41 Å². The normalized spacial score (nSPS) is 16.0. The van der Waals surface area contributed by atoms with Crippen molar-refractivity contribution in [2.45, 2.75) is 110 Å². The van der Waals surface area contributed by atoms with E-state index in [4.69, 9.17) is 0 Å². The molecule has 2 aromatic rings. The predicted molar refractivity (Wildman–Crippen MR) is 157 cm³/mol. The fraction of sp³-hybridized carbons (Fsp3) is 0.514. The molecule has 0 N–H and O–H groups in total. The van der Waals surface area contributed by atoms with Gasteiger partial charge in [-0.2, -0.15) is 0 Å². The van der Waals surface area contributed by atoms with Gasteiger partial charge in [-0.25, -0.2) is 0 Å². The van der Waals surface area contributed by atoms with Crippen molar-refractivity contribution < 1.29 is 21.3 Å². The van der Waals surface area contributed by atoms with Crippen LogP contribution in [0.25, 0.3) is 11.1 Å². The number of rotatable bonds is 5. The maximum atomic E-state index is 2.67. The molecule has 36 heavy (non-hydrogen) atoms. The first-order valence-electron chi connectivity index (χ1n) is 14.1. The van der Waals surface area contributed by atoms with Crippen molar-refractivity contribution in [3.63, 3.8) is 0 Å². The first-order valence-corrected chi connectivity index (χ1v) is 18.0. The molecule has 0 amide bonds. The number of hydrogen-bond acceptors (Lipinski definition) is 0. The van der Waals surface area contributed by atoms with Crippen LogP contribution >= 0.6 is 0 Å². The molecule has 2 aliphatic carbocycles. The second-order valence-electron chi connectivity index (χ2n) is 13.8. The Hall–Kier alpha value is -1.33. The van der Waals surface area contributed by atoms with E-state index >= 15 is 0 Å².